The quantitative estimate of drug-likeness (QED) is 0.685. The molecule has 0 aliphatic rings. The maximum Gasteiger partial charge on any atom is 0.124 e. The van der Waals surface area contributed by atoms with E-state index in [0.29, 0.717) is 0 Å². The van der Waals surface area contributed by atoms with Crippen molar-refractivity contribution in [1.29, 1.82) is 0 Å². The monoisotopic (exact) mass is 397 g/mol. The predicted molar refractivity (Wildman–Crippen MR) is 95.1 cm³/mol. The molecule has 1 nitrogen and oxygen atoms in total. The number of aryl methyl sites for hydroxylation is 1. The van der Waals surface area contributed by atoms with Crippen molar-refractivity contribution in [3.8, 4) is 0 Å². The van der Waals surface area contributed by atoms with E-state index in [4.69, 9.17) is 0 Å². The van der Waals surface area contributed by atoms with Gasteiger partial charge in [-0.15, -0.1) is 0 Å². The van der Waals surface area contributed by atoms with Crippen LogP contribution in [-0.4, -0.2) is 6.54 Å². The number of nitrogens with one attached hydrogen (secondary N) is 1. The Bertz CT molecular complexity index is 580. The van der Waals surface area contributed by atoms with Gasteiger partial charge in [0, 0.05) is 9.61 Å². The summed E-state index contributed by atoms with van der Waals surface area (Å²) in [6, 6.07) is 14.0. The zero-order valence-corrected chi connectivity index (χ0v) is 14.7. The van der Waals surface area contributed by atoms with Gasteiger partial charge in [0.15, 0.2) is 0 Å². The summed E-state index contributed by atoms with van der Waals surface area (Å²) in [5.41, 5.74) is 3.83. The zero-order chi connectivity index (χ0) is 15.2. The standard InChI is InChI=1S/C18H21FIN/c1-3-13-5-7-14(8-6-13)11-18(21-4-2)16-10-9-15(19)12-17(16)20/h5-10,12,18,21H,3-4,11H2,1-2H3. The minimum atomic E-state index is -0.175. The average Bonchev–Trinajstić information content (AvgIpc) is 2.48. The lowest BCUT2D eigenvalue weighted by Gasteiger charge is -2.20. The van der Waals surface area contributed by atoms with Crippen LogP contribution in [0.3, 0.4) is 0 Å². The molecule has 0 amide bonds. The number of hydrogen-bond donors (Lipinski definition) is 1. The van der Waals surface area contributed by atoms with E-state index in [0.717, 1.165) is 23.0 Å². The number of likely N-dealkylation sites (N-methyl/N-ethyl adjacent to an activating group) is 1. The van der Waals surface area contributed by atoms with Crippen LogP contribution in [0.25, 0.3) is 0 Å². The Kier molecular flexibility index (Phi) is 6.18. The maximum atomic E-state index is 13.3. The Morgan fingerprint density at radius 3 is 2.29 bits per heavy atom. The van der Waals surface area contributed by atoms with Crippen molar-refractivity contribution >= 4 is 22.6 Å². The Morgan fingerprint density at radius 2 is 1.71 bits per heavy atom. The lowest BCUT2D eigenvalue weighted by Crippen LogP contribution is -2.23. The lowest BCUT2D eigenvalue weighted by atomic mass is 9.97. The van der Waals surface area contributed by atoms with Crippen molar-refractivity contribution in [2.45, 2.75) is 32.7 Å². The number of halogens is 2. The minimum Gasteiger partial charge on any atom is -0.310 e. The van der Waals surface area contributed by atoms with Gasteiger partial charge in [-0.1, -0.05) is 44.2 Å². The molecule has 0 radical (unpaired) electrons. The molecule has 0 spiro atoms. The molecule has 0 aliphatic carbocycles. The minimum absolute atomic E-state index is 0.175. The van der Waals surface area contributed by atoms with Crippen LogP contribution in [0, 0.1) is 9.39 Å². The van der Waals surface area contributed by atoms with Gasteiger partial charge in [-0.2, -0.15) is 0 Å². The fourth-order valence-corrected chi connectivity index (χ4v) is 3.32. The highest BCUT2D eigenvalue weighted by Gasteiger charge is 2.14. The second-order valence-corrected chi connectivity index (χ2v) is 6.31. The van der Waals surface area contributed by atoms with Crippen LogP contribution in [-0.2, 0) is 12.8 Å². The van der Waals surface area contributed by atoms with E-state index < -0.39 is 0 Å². The molecular formula is C18H21FIN. The van der Waals surface area contributed by atoms with E-state index in [-0.39, 0.29) is 11.9 Å². The molecule has 21 heavy (non-hydrogen) atoms. The van der Waals surface area contributed by atoms with Gasteiger partial charge in [-0.3, -0.25) is 0 Å². The molecule has 1 N–H and O–H groups in total. The summed E-state index contributed by atoms with van der Waals surface area (Å²) >= 11 is 2.21. The first-order valence-electron chi connectivity index (χ1n) is 7.40. The van der Waals surface area contributed by atoms with Crippen molar-refractivity contribution in [1.82, 2.24) is 5.32 Å². The maximum absolute atomic E-state index is 13.3. The second-order valence-electron chi connectivity index (χ2n) is 5.15. The molecule has 0 saturated carbocycles. The molecule has 112 valence electrons. The molecule has 3 heteroatoms. The van der Waals surface area contributed by atoms with Gasteiger partial charge < -0.3 is 5.32 Å². The van der Waals surface area contributed by atoms with Crippen LogP contribution in [0.2, 0.25) is 0 Å². The van der Waals surface area contributed by atoms with Crippen LogP contribution < -0.4 is 5.32 Å². The highest BCUT2D eigenvalue weighted by atomic mass is 127. The third-order valence-electron chi connectivity index (χ3n) is 3.66. The Morgan fingerprint density at radius 1 is 1.05 bits per heavy atom. The SMILES string of the molecule is CCNC(Cc1ccc(CC)cc1)c1ccc(F)cc1I. The van der Waals surface area contributed by atoms with Gasteiger partial charge in [0.05, 0.1) is 0 Å². The summed E-state index contributed by atoms with van der Waals surface area (Å²) in [5, 5.41) is 3.51. The molecule has 0 fully saturated rings. The van der Waals surface area contributed by atoms with Crippen molar-refractivity contribution in [3.05, 3.63) is 68.5 Å². The lowest BCUT2D eigenvalue weighted by molar-refractivity contribution is 0.545. The third-order valence-corrected chi connectivity index (χ3v) is 4.59. The first-order chi connectivity index (χ1) is 10.1. The first kappa shape index (κ1) is 16.4. The van der Waals surface area contributed by atoms with Crippen LogP contribution in [0.15, 0.2) is 42.5 Å². The molecule has 1 atom stereocenters. The second kappa shape index (κ2) is 7.90. The Labute approximate surface area is 140 Å². The number of benzene rings is 2. The molecule has 0 aromatic heterocycles. The fourth-order valence-electron chi connectivity index (χ4n) is 2.47. The molecule has 2 aromatic carbocycles. The van der Waals surface area contributed by atoms with Crippen LogP contribution in [0.1, 0.15) is 36.6 Å². The van der Waals surface area contributed by atoms with E-state index in [1.165, 1.54) is 16.7 Å². The van der Waals surface area contributed by atoms with Crippen molar-refractivity contribution in [3.63, 3.8) is 0 Å². The van der Waals surface area contributed by atoms with Crippen molar-refractivity contribution < 1.29 is 4.39 Å². The van der Waals surface area contributed by atoms with Gasteiger partial charge in [0.1, 0.15) is 5.82 Å². The average molecular weight is 397 g/mol. The summed E-state index contributed by atoms with van der Waals surface area (Å²) in [5.74, 6) is -0.175. The highest BCUT2D eigenvalue weighted by molar-refractivity contribution is 14.1. The molecule has 0 saturated heterocycles. The topological polar surface area (TPSA) is 12.0 Å². The third kappa shape index (κ3) is 4.51. The van der Waals surface area contributed by atoms with E-state index in [2.05, 4.69) is 66.0 Å². The van der Waals surface area contributed by atoms with Crippen LogP contribution in [0.5, 0.6) is 0 Å². The summed E-state index contributed by atoms with van der Waals surface area (Å²) in [7, 11) is 0. The zero-order valence-electron chi connectivity index (χ0n) is 12.5. The molecule has 1 unspecified atom stereocenters. The van der Waals surface area contributed by atoms with Crippen molar-refractivity contribution in [2.24, 2.45) is 0 Å². The Balaban J connectivity index is 2.21. The van der Waals surface area contributed by atoms with Crippen LogP contribution in [0.4, 0.5) is 4.39 Å². The largest absolute Gasteiger partial charge is 0.310 e. The summed E-state index contributed by atoms with van der Waals surface area (Å²) in [6.45, 7) is 5.16. The number of hydrogen-bond acceptors (Lipinski definition) is 1. The van der Waals surface area contributed by atoms with Gasteiger partial charge in [0.2, 0.25) is 0 Å². The van der Waals surface area contributed by atoms with Gasteiger partial charge in [-0.05, 0) is 70.8 Å². The Hall–Kier alpha value is -0.940. The predicted octanol–water partition coefficient (Wildman–Crippen LogP) is 4.89. The van der Waals surface area contributed by atoms with E-state index in [1.54, 1.807) is 12.1 Å². The van der Waals surface area contributed by atoms with Gasteiger partial charge in [0.25, 0.3) is 0 Å². The molecule has 2 rings (SSSR count). The summed E-state index contributed by atoms with van der Waals surface area (Å²) < 4.78 is 14.3. The van der Waals surface area contributed by atoms with Gasteiger partial charge in [-0.25, -0.2) is 4.39 Å². The summed E-state index contributed by atoms with van der Waals surface area (Å²) in [4.78, 5) is 0. The summed E-state index contributed by atoms with van der Waals surface area (Å²) in [6.07, 6.45) is 1.98. The van der Waals surface area contributed by atoms with Crippen LogP contribution >= 0.6 is 22.6 Å². The molecular weight excluding hydrogens is 376 g/mol. The normalized spacial score (nSPS) is 12.4. The first-order valence-corrected chi connectivity index (χ1v) is 8.48. The smallest absolute Gasteiger partial charge is 0.124 e. The fraction of sp³-hybridized carbons (Fsp3) is 0.333. The molecule has 2 aromatic rings. The molecule has 0 aliphatic heterocycles. The van der Waals surface area contributed by atoms with E-state index in [1.807, 2.05) is 6.07 Å². The van der Waals surface area contributed by atoms with E-state index >= 15 is 0 Å². The van der Waals surface area contributed by atoms with Gasteiger partial charge >= 0.3 is 0 Å². The van der Waals surface area contributed by atoms with Crippen molar-refractivity contribution in [2.75, 3.05) is 6.54 Å². The molecule has 0 heterocycles. The molecule has 0 bridgehead atoms. The highest BCUT2D eigenvalue weighted by Crippen LogP contribution is 2.24. The van der Waals surface area contributed by atoms with E-state index in [9.17, 15) is 4.39 Å². The number of rotatable bonds is 6.